The summed E-state index contributed by atoms with van der Waals surface area (Å²) in [5.41, 5.74) is 0.428. The van der Waals surface area contributed by atoms with Crippen LogP contribution < -0.4 is 4.74 Å². The van der Waals surface area contributed by atoms with Crippen LogP contribution in [0.5, 0.6) is 5.75 Å². The molecule has 0 spiro atoms. The van der Waals surface area contributed by atoms with Crippen molar-refractivity contribution in [3.63, 3.8) is 0 Å². The van der Waals surface area contributed by atoms with Gasteiger partial charge in [-0.1, -0.05) is 6.07 Å². The Labute approximate surface area is 165 Å². The number of hydrogen-bond donors (Lipinski definition) is 0. The highest BCUT2D eigenvalue weighted by Gasteiger charge is 2.52. The molecule has 6 rings (SSSR count). The molecule has 0 aromatic heterocycles. The van der Waals surface area contributed by atoms with Crippen LogP contribution in [0.25, 0.3) is 0 Å². The van der Waals surface area contributed by atoms with E-state index >= 15 is 4.39 Å². The Bertz CT molecular complexity index is 715. The number of benzene rings is 1. The number of hydrogen-bond acceptors (Lipinski definition) is 3. The molecule has 5 heteroatoms. The summed E-state index contributed by atoms with van der Waals surface area (Å²) >= 11 is 0. The smallest absolute Gasteiger partial charge is 0.200 e. The Morgan fingerprint density at radius 2 is 1.50 bits per heavy atom. The van der Waals surface area contributed by atoms with Gasteiger partial charge in [0.05, 0.1) is 19.8 Å². The second kappa shape index (κ2) is 6.66. The lowest BCUT2D eigenvalue weighted by molar-refractivity contribution is -0.264. The monoisotopic (exact) mass is 392 g/mol. The van der Waals surface area contributed by atoms with Crippen LogP contribution in [0.2, 0.25) is 0 Å². The molecule has 0 N–H and O–H groups in total. The predicted octanol–water partition coefficient (Wildman–Crippen LogP) is 5.21. The van der Waals surface area contributed by atoms with Gasteiger partial charge in [-0.25, -0.2) is 4.39 Å². The van der Waals surface area contributed by atoms with E-state index in [-0.39, 0.29) is 23.7 Å². The fourth-order valence-corrected chi connectivity index (χ4v) is 6.52. The van der Waals surface area contributed by atoms with Crippen LogP contribution in [0.1, 0.15) is 57.9 Å². The van der Waals surface area contributed by atoms with E-state index in [2.05, 4.69) is 0 Å². The molecule has 154 valence electrons. The Morgan fingerprint density at radius 3 is 2.07 bits per heavy atom. The van der Waals surface area contributed by atoms with Crippen molar-refractivity contribution in [1.29, 1.82) is 0 Å². The molecule has 1 saturated heterocycles. The first-order valence-corrected chi connectivity index (χ1v) is 10.7. The van der Waals surface area contributed by atoms with Gasteiger partial charge in [-0.05, 0) is 87.2 Å². The van der Waals surface area contributed by atoms with E-state index in [9.17, 15) is 4.39 Å². The minimum Gasteiger partial charge on any atom is -0.490 e. The summed E-state index contributed by atoms with van der Waals surface area (Å²) in [5, 5.41) is 0. The van der Waals surface area contributed by atoms with Gasteiger partial charge in [0.1, 0.15) is 0 Å². The molecule has 5 fully saturated rings. The van der Waals surface area contributed by atoms with Crippen LogP contribution in [0, 0.1) is 35.3 Å². The largest absolute Gasteiger partial charge is 0.490 e. The van der Waals surface area contributed by atoms with Gasteiger partial charge in [0.15, 0.2) is 17.4 Å². The minimum atomic E-state index is -0.841. The van der Waals surface area contributed by atoms with Gasteiger partial charge in [-0.15, -0.1) is 0 Å². The topological polar surface area (TPSA) is 27.7 Å². The lowest BCUT2D eigenvalue weighted by Gasteiger charge is -2.57. The van der Waals surface area contributed by atoms with Crippen LogP contribution >= 0.6 is 0 Å². The van der Waals surface area contributed by atoms with Gasteiger partial charge in [-0.3, -0.25) is 0 Å². The number of halogens is 2. The van der Waals surface area contributed by atoms with E-state index in [1.807, 2.05) is 13.8 Å². The normalized spacial score (nSPS) is 36.6. The summed E-state index contributed by atoms with van der Waals surface area (Å²) in [7, 11) is 0. The summed E-state index contributed by atoms with van der Waals surface area (Å²) in [6.45, 7) is 4.96. The Balaban J connectivity index is 1.31. The first-order valence-electron chi connectivity index (χ1n) is 10.7. The third-order valence-electron chi connectivity index (χ3n) is 7.46. The van der Waals surface area contributed by atoms with Crippen molar-refractivity contribution in [3.05, 3.63) is 29.3 Å². The first-order chi connectivity index (χ1) is 13.3. The minimum absolute atomic E-state index is 0.00388. The molecule has 5 aliphatic rings. The van der Waals surface area contributed by atoms with E-state index in [0.29, 0.717) is 36.5 Å². The SMILES string of the molecule is CC1(C)OCC(COc2ccc([C@]34CC5CC(C[C@H](C5)C3)C4)c(F)c2F)CO1. The fraction of sp³-hybridized carbons (Fsp3) is 0.739. The van der Waals surface area contributed by atoms with Crippen molar-refractivity contribution in [1.82, 2.24) is 0 Å². The third-order valence-corrected chi connectivity index (χ3v) is 7.46. The maximum Gasteiger partial charge on any atom is 0.200 e. The first kappa shape index (κ1) is 18.8. The lowest BCUT2D eigenvalue weighted by Crippen LogP contribution is -2.49. The van der Waals surface area contributed by atoms with Crippen molar-refractivity contribution in [2.24, 2.45) is 23.7 Å². The number of ether oxygens (including phenoxy) is 3. The van der Waals surface area contributed by atoms with Crippen molar-refractivity contribution in [2.45, 2.75) is 63.6 Å². The predicted molar refractivity (Wildman–Crippen MR) is 101 cm³/mol. The Kier molecular flexibility index (Phi) is 4.48. The maximum absolute atomic E-state index is 15.1. The average Bonchev–Trinajstić information content (AvgIpc) is 2.62. The molecule has 0 atom stereocenters. The summed E-state index contributed by atoms with van der Waals surface area (Å²) in [6, 6.07) is 3.42. The molecule has 0 radical (unpaired) electrons. The molecular weight excluding hydrogens is 362 g/mol. The molecule has 1 heterocycles. The van der Waals surface area contributed by atoms with Gasteiger partial charge in [0.2, 0.25) is 5.82 Å². The standard InChI is InChI=1S/C23H30F2O3/c1-22(2)27-12-17(13-28-22)11-26-19-4-3-18(20(24)21(19)25)23-8-14-5-15(9-23)7-16(6-14)10-23/h3-4,14-17H,5-13H2,1-2H3/t14-,15?,16?,23-. The van der Waals surface area contributed by atoms with Gasteiger partial charge in [-0.2, -0.15) is 4.39 Å². The van der Waals surface area contributed by atoms with E-state index in [0.717, 1.165) is 19.3 Å². The zero-order valence-corrected chi connectivity index (χ0v) is 16.8. The zero-order chi connectivity index (χ0) is 19.5. The molecule has 4 bridgehead atoms. The van der Waals surface area contributed by atoms with Crippen LogP contribution in [-0.2, 0) is 14.9 Å². The van der Waals surface area contributed by atoms with E-state index in [4.69, 9.17) is 14.2 Å². The van der Waals surface area contributed by atoms with E-state index in [1.54, 1.807) is 12.1 Å². The third kappa shape index (κ3) is 3.24. The van der Waals surface area contributed by atoms with Gasteiger partial charge in [0.25, 0.3) is 0 Å². The highest BCUT2D eigenvalue weighted by Crippen LogP contribution is 2.61. The quantitative estimate of drug-likeness (QED) is 0.704. The molecule has 1 aromatic rings. The fourth-order valence-electron chi connectivity index (χ4n) is 6.52. The lowest BCUT2D eigenvalue weighted by atomic mass is 9.48. The van der Waals surface area contributed by atoms with Crippen LogP contribution in [0.4, 0.5) is 8.78 Å². The molecule has 3 nitrogen and oxygen atoms in total. The van der Waals surface area contributed by atoms with Crippen LogP contribution in [0.3, 0.4) is 0 Å². The maximum atomic E-state index is 15.1. The highest BCUT2D eigenvalue weighted by atomic mass is 19.2. The summed E-state index contributed by atoms with van der Waals surface area (Å²) in [6.07, 6.45) is 6.90. The van der Waals surface area contributed by atoms with Gasteiger partial charge >= 0.3 is 0 Å². The molecule has 28 heavy (non-hydrogen) atoms. The van der Waals surface area contributed by atoms with Crippen molar-refractivity contribution >= 4 is 0 Å². The van der Waals surface area contributed by atoms with E-state index in [1.165, 1.54) is 19.3 Å². The highest BCUT2D eigenvalue weighted by molar-refractivity contribution is 5.37. The molecule has 0 unspecified atom stereocenters. The van der Waals surface area contributed by atoms with Crippen LogP contribution in [0.15, 0.2) is 12.1 Å². The summed E-state index contributed by atoms with van der Waals surface area (Å²) in [4.78, 5) is 0. The number of rotatable bonds is 4. The summed E-state index contributed by atoms with van der Waals surface area (Å²) < 4.78 is 46.8. The van der Waals surface area contributed by atoms with Gasteiger partial charge < -0.3 is 14.2 Å². The average molecular weight is 392 g/mol. The molecule has 1 aromatic carbocycles. The molecular formula is C23H30F2O3. The molecule has 4 aliphatic carbocycles. The Hall–Kier alpha value is -1.20. The second-order valence-corrected chi connectivity index (χ2v) is 10.1. The van der Waals surface area contributed by atoms with Crippen molar-refractivity contribution in [2.75, 3.05) is 19.8 Å². The van der Waals surface area contributed by atoms with Crippen molar-refractivity contribution in [3.8, 4) is 5.75 Å². The van der Waals surface area contributed by atoms with Gasteiger partial charge in [0, 0.05) is 5.92 Å². The summed E-state index contributed by atoms with van der Waals surface area (Å²) in [5.74, 6) is -0.0365. The van der Waals surface area contributed by atoms with E-state index < -0.39 is 17.4 Å². The zero-order valence-electron chi connectivity index (χ0n) is 16.8. The molecule has 1 aliphatic heterocycles. The van der Waals surface area contributed by atoms with Crippen molar-refractivity contribution < 1.29 is 23.0 Å². The second-order valence-electron chi connectivity index (χ2n) is 10.1. The molecule has 0 amide bonds. The Morgan fingerprint density at radius 1 is 0.929 bits per heavy atom. The van der Waals surface area contributed by atoms with Crippen LogP contribution in [-0.4, -0.2) is 25.6 Å². The molecule has 4 saturated carbocycles.